The Labute approximate surface area is 124 Å². The SMILES string of the molecule is Cc1ccc(CN(C)C(=O)C(N)Cc2ccc(O)cc2)o1. The molecule has 112 valence electrons. The third kappa shape index (κ3) is 4.10. The summed E-state index contributed by atoms with van der Waals surface area (Å²) >= 11 is 0. The van der Waals surface area contributed by atoms with Gasteiger partial charge in [0, 0.05) is 7.05 Å². The topological polar surface area (TPSA) is 79.7 Å². The first-order chi connectivity index (χ1) is 9.95. The van der Waals surface area contributed by atoms with E-state index < -0.39 is 6.04 Å². The Morgan fingerprint density at radius 1 is 1.29 bits per heavy atom. The van der Waals surface area contributed by atoms with Crippen molar-refractivity contribution < 1.29 is 14.3 Å². The fourth-order valence-corrected chi connectivity index (χ4v) is 2.14. The minimum Gasteiger partial charge on any atom is -0.508 e. The van der Waals surface area contributed by atoms with Crippen molar-refractivity contribution >= 4 is 5.91 Å². The Bertz CT molecular complexity index is 604. The van der Waals surface area contributed by atoms with Crippen molar-refractivity contribution in [3.05, 3.63) is 53.5 Å². The number of carbonyl (C=O) groups excluding carboxylic acids is 1. The van der Waals surface area contributed by atoms with E-state index in [0.29, 0.717) is 13.0 Å². The highest BCUT2D eigenvalue weighted by molar-refractivity contribution is 5.81. The van der Waals surface area contributed by atoms with Crippen molar-refractivity contribution in [2.24, 2.45) is 5.73 Å². The number of likely N-dealkylation sites (N-methyl/N-ethyl adjacent to an activating group) is 1. The van der Waals surface area contributed by atoms with Gasteiger partial charge in [0.1, 0.15) is 17.3 Å². The number of phenols is 1. The van der Waals surface area contributed by atoms with Crippen molar-refractivity contribution in [2.75, 3.05) is 7.05 Å². The molecule has 1 aromatic carbocycles. The maximum absolute atomic E-state index is 12.2. The number of amides is 1. The van der Waals surface area contributed by atoms with Gasteiger partial charge in [-0.2, -0.15) is 0 Å². The molecule has 0 fully saturated rings. The summed E-state index contributed by atoms with van der Waals surface area (Å²) in [4.78, 5) is 13.8. The third-order valence-corrected chi connectivity index (χ3v) is 3.27. The molecule has 1 aromatic heterocycles. The summed E-state index contributed by atoms with van der Waals surface area (Å²) in [6.07, 6.45) is 0.431. The quantitative estimate of drug-likeness (QED) is 0.879. The van der Waals surface area contributed by atoms with Gasteiger partial charge in [-0.25, -0.2) is 0 Å². The zero-order valence-corrected chi connectivity index (χ0v) is 12.2. The maximum atomic E-state index is 12.2. The van der Waals surface area contributed by atoms with Gasteiger partial charge in [-0.1, -0.05) is 12.1 Å². The van der Waals surface area contributed by atoms with E-state index >= 15 is 0 Å². The van der Waals surface area contributed by atoms with Crippen LogP contribution in [0.1, 0.15) is 17.1 Å². The lowest BCUT2D eigenvalue weighted by Gasteiger charge is -2.20. The molecule has 0 aliphatic carbocycles. The van der Waals surface area contributed by atoms with Gasteiger partial charge in [0.25, 0.3) is 0 Å². The van der Waals surface area contributed by atoms with Crippen LogP contribution in [0.4, 0.5) is 0 Å². The summed E-state index contributed by atoms with van der Waals surface area (Å²) in [6, 6.07) is 9.80. The van der Waals surface area contributed by atoms with Gasteiger partial charge in [0.2, 0.25) is 5.91 Å². The Hall–Kier alpha value is -2.27. The molecular formula is C16H20N2O3. The fourth-order valence-electron chi connectivity index (χ4n) is 2.14. The van der Waals surface area contributed by atoms with Crippen molar-refractivity contribution in [3.8, 4) is 5.75 Å². The first-order valence-electron chi connectivity index (χ1n) is 6.79. The number of nitrogens with two attached hydrogens (primary N) is 1. The van der Waals surface area contributed by atoms with Crippen LogP contribution in [-0.4, -0.2) is 29.0 Å². The molecule has 1 amide bonds. The number of aromatic hydroxyl groups is 1. The Kier molecular flexibility index (Phi) is 4.65. The van der Waals surface area contributed by atoms with Crippen LogP contribution in [-0.2, 0) is 17.8 Å². The number of hydrogen-bond donors (Lipinski definition) is 2. The predicted molar refractivity (Wildman–Crippen MR) is 79.7 cm³/mol. The normalized spacial score (nSPS) is 12.1. The highest BCUT2D eigenvalue weighted by atomic mass is 16.3. The summed E-state index contributed by atoms with van der Waals surface area (Å²) in [7, 11) is 1.71. The summed E-state index contributed by atoms with van der Waals surface area (Å²) in [5.74, 6) is 1.61. The zero-order chi connectivity index (χ0) is 15.4. The van der Waals surface area contributed by atoms with Gasteiger partial charge in [0.15, 0.2) is 0 Å². The second kappa shape index (κ2) is 6.45. The first kappa shape index (κ1) is 15.1. The molecule has 0 radical (unpaired) electrons. The monoisotopic (exact) mass is 288 g/mol. The van der Waals surface area contributed by atoms with E-state index in [0.717, 1.165) is 17.1 Å². The minimum atomic E-state index is -0.615. The van der Waals surface area contributed by atoms with Crippen LogP contribution in [0, 0.1) is 6.92 Å². The minimum absolute atomic E-state index is 0.142. The Morgan fingerprint density at radius 3 is 2.52 bits per heavy atom. The summed E-state index contributed by atoms with van der Waals surface area (Å²) in [5.41, 5.74) is 6.88. The molecule has 0 aliphatic heterocycles. The van der Waals surface area contributed by atoms with Gasteiger partial charge >= 0.3 is 0 Å². The highest BCUT2D eigenvalue weighted by Crippen LogP contribution is 2.13. The lowest BCUT2D eigenvalue weighted by atomic mass is 10.1. The molecule has 1 atom stereocenters. The van der Waals surface area contributed by atoms with E-state index in [4.69, 9.17) is 10.2 Å². The molecule has 0 spiro atoms. The lowest BCUT2D eigenvalue weighted by molar-refractivity contribution is -0.132. The number of benzene rings is 1. The number of hydrogen-bond acceptors (Lipinski definition) is 4. The molecule has 0 saturated carbocycles. The van der Waals surface area contributed by atoms with Gasteiger partial charge in [-0.3, -0.25) is 4.79 Å². The predicted octanol–water partition coefficient (Wildman–Crippen LogP) is 1.82. The number of carbonyl (C=O) groups is 1. The van der Waals surface area contributed by atoms with Crippen LogP contribution in [0.25, 0.3) is 0 Å². The van der Waals surface area contributed by atoms with E-state index in [1.807, 2.05) is 19.1 Å². The molecule has 2 rings (SSSR count). The number of furan rings is 1. The summed E-state index contributed by atoms with van der Waals surface area (Å²) in [6.45, 7) is 2.26. The number of phenolic OH excluding ortho intramolecular Hbond substituents is 1. The van der Waals surface area contributed by atoms with Gasteiger partial charge in [-0.05, 0) is 43.2 Å². The van der Waals surface area contributed by atoms with Crippen LogP contribution >= 0.6 is 0 Å². The molecule has 5 heteroatoms. The Balaban J connectivity index is 1.93. The molecule has 1 heterocycles. The average molecular weight is 288 g/mol. The molecule has 21 heavy (non-hydrogen) atoms. The highest BCUT2D eigenvalue weighted by Gasteiger charge is 2.19. The molecular weight excluding hydrogens is 268 g/mol. The van der Waals surface area contributed by atoms with E-state index in [2.05, 4.69) is 0 Å². The maximum Gasteiger partial charge on any atom is 0.239 e. The second-order valence-electron chi connectivity index (χ2n) is 5.18. The number of rotatable bonds is 5. The van der Waals surface area contributed by atoms with Crippen molar-refractivity contribution in [2.45, 2.75) is 25.9 Å². The van der Waals surface area contributed by atoms with E-state index in [1.54, 1.807) is 36.2 Å². The fraction of sp³-hybridized carbons (Fsp3) is 0.312. The average Bonchev–Trinajstić information content (AvgIpc) is 2.85. The molecule has 0 bridgehead atoms. The zero-order valence-electron chi connectivity index (χ0n) is 12.2. The van der Waals surface area contributed by atoms with Crippen LogP contribution in [0.15, 0.2) is 40.8 Å². The van der Waals surface area contributed by atoms with Crippen LogP contribution < -0.4 is 5.73 Å². The van der Waals surface area contributed by atoms with E-state index in [1.165, 1.54) is 0 Å². The molecule has 3 N–H and O–H groups in total. The molecule has 0 aliphatic rings. The van der Waals surface area contributed by atoms with Crippen LogP contribution in [0.5, 0.6) is 5.75 Å². The molecule has 2 aromatic rings. The van der Waals surface area contributed by atoms with Gasteiger partial charge in [0.05, 0.1) is 12.6 Å². The smallest absolute Gasteiger partial charge is 0.239 e. The first-order valence-corrected chi connectivity index (χ1v) is 6.79. The molecule has 0 saturated heterocycles. The van der Waals surface area contributed by atoms with E-state index in [9.17, 15) is 9.90 Å². The molecule has 5 nitrogen and oxygen atoms in total. The Morgan fingerprint density at radius 2 is 1.95 bits per heavy atom. The standard InChI is InChI=1S/C16H20N2O3/c1-11-3-8-14(21-11)10-18(2)16(20)15(17)9-12-4-6-13(19)7-5-12/h3-8,15,19H,9-10,17H2,1-2H3. The molecule has 1 unspecified atom stereocenters. The number of aryl methyl sites for hydroxylation is 1. The van der Waals surface area contributed by atoms with Crippen LogP contribution in [0.2, 0.25) is 0 Å². The van der Waals surface area contributed by atoms with Gasteiger partial charge in [-0.15, -0.1) is 0 Å². The largest absolute Gasteiger partial charge is 0.508 e. The summed E-state index contributed by atoms with van der Waals surface area (Å²) in [5, 5.41) is 9.24. The second-order valence-corrected chi connectivity index (χ2v) is 5.18. The van der Waals surface area contributed by atoms with E-state index in [-0.39, 0.29) is 11.7 Å². The van der Waals surface area contributed by atoms with Gasteiger partial charge < -0.3 is 20.2 Å². The van der Waals surface area contributed by atoms with Crippen molar-refractivity contribution in [1.29, 1.82) is 0 Å². The van der Waals surface area contributed by atoms with Crippen molar-refractivity contribution in [3.63, 3.8) is 0 Å². The third-order valence-electron chi connectivity index (χ3n) is 3.27. The van der Waals surface area contributed by atoms with Crippen LogP contribution in [0.3, 0.4) is 0 Å². The lowest BCUT2D eigenvalue weighted by Crippen LogP contribution is -2.42. The summed E-state index contributed by atoms with van der Waals surface area (Å²) < 4.78 is 5.45. The number of nitrogens with zero attached hydrogens (tertiary/aromatic N) is 1. The van der Waals surface area contributed by atoms with Crippen molar-refractivity contribution in [1.82, 2.24) is 4.90 Å².